The summed E-state index contributed by atoms with van der Waals surface area (Å²) in [7, 11) is 0. The number of anilines is 2. The molecular weight excluding hydrogens is 256 g/mol. The van der Waals surface area contributed by atoms with Gasteiger partial charge < -0.3 is 11.1 Å². The van der Waals surface area contributed by atoms with Gasteiger partial charge in [-0.15, -0.1) is 11.3 Å². The summed E-state index contributed by atoms with van der Waals surface area (Å²) in [5, 5.41) is 5.64. The Kier molecular flexibility index (Phi) is 3.76. The molecule has 0 fully saturated rings. The van der Waals surface area contributed by atoms with E-state index in [2.05, 4.69) is 10.3 Å². The second-order valence-corrected chi connectivity index (χ2v) is 4.96. The van der Waals surface area contributed by atoms with E-state index in [4.69, 9.17) is 5.73 Å². The van der Waals surface area contributed by atoms with Crippen LogP contribution in [0.4, 0.5) is 20.2 Å². The third kappa shape index (κ3) is 2.95. The van der Waals surface area contributed by atoms with Gasteiger partial charge in [-0.2, -0.15) is 0 Å². The van der Waals surface area contributed by atoms with Gasteiger partial charge >= 0.3 is 0 Å². The Labute approximate surface area is 108 Å². The minimum atomic E-state index is -0.679. The molecule has 2 rings (SSSR count). The van der Waals surface area contributed by atoms with Gasteiger partial charge in [0, 0.05) is 24.0 Å². The van der Waals surface area contributed by atoms with Crippen molar-refractivity contribution in [2.45, 2.75) is 13.3 Å². The highest BCUT2D eigenvalue weighted by Gasteiger charge is 2.09. The molecule has 0 saturated carbocycles. The number of halogens is 2. The van der Waals surface area contributed by atoms with Gasteiger partial charge in [0.15, 0.2) is 11.6 Å². The van der Waals surface area contributed by atoms with Crippen LogP contribution in [0.2, 0.25) is 0 Å². The van der Waals surface area contributed by atoms with Crippen molar-refractivity contribution >= 4 is 22.7 Å². The topological polar surface area (TPSA) is 50.9 Å². The van der Waals surface area contributed by atoms with E-state index in [1.165, 1.54) is 0 Å². The number of benzene rings is 1. The Bertz CT molecular complexity index is 531. The lowest BCUT2D eigenvalue weighted by Crippen LogP contribution is -2.09. The molecule has 0 bridgehead atoms. The minimum absolute atomic E-state index is 0.0747. The first-order chi connectivity index (χ1) is 8.56. The van der Waals surface area contributed by atoms with Crippen LogP contribution in [0.25, 0.3) is 0 Å². The summed E-state index contributed by atoms with van der Waals surface area (Å²) in [4.78, 5) is 4.27. The lowest BCUT2D eigenvalue weighted by atomic mass is 10.2. The molecule has 6 heteroatoms. The molecule has 1 aromatic carbocycles. The highest BCUT2D eigenvalue weighted by atomic mass is 32.1. The van der Waals surface area contributed by atoms with E-state index in [-0.39, 0.29) is 11.4 Å². The van der Waals surface area contributed by atoms with Crippen LogP contribution < -0.4 is 11.1 Å². The fourth-order valence-corrected chi connectivity index (χ4v) is 2.25. The number of hydrogen-bond acceptors (Lipinski definition) is 4. The Hall–Kier alpha value is -1.69. The molecule has 2 aromatic rings. The Morgan fingerprint density at radius 2 is 2.00 bits per heavy atom. The first-order valence-corrected chi connectivity index (χ1v) is 6.33. The van der Waals surface area contributed by atoms with Crippen molar-refractivity contribution in [2.75, 3.05) is 17.6 Å². The second-order valence-electron chi connectivity index (χ2n) is 3.89. The maximum absolute atomic E-state index is 13.4. The van der Waals surface area contributed by atoms with E-state index in [1.54, 1.807) is 11.3 Å². The quantitative estimate of drug-likeness (QED) is 0.839. The molecular formula is C12H13F2N3S. The smallest absolute Gasteiger partial charge is 0.151 e. The van der Waals surface area contributed by atoms with Crippen LogP contribution in [0.5, 0.6) is 0 Å². The average Bonchev–Trinajstić information content (AvgIpc) is 2.68. The molecule has 0 radical (unpaired) electrons. The lowest BCUT2D eigenvalue weighted by Gasteiger charge is -2.08. The van der Waals surface area contributed by atoms with Crippen molar-refractivity contribution in [1.82, 2.24) is 4.98 Å². The van der Waals surface area contributed by atoms with Gasteiger partial charge in [0.05, 0.1) is 10.7 Å². The maximum atomic E-state index is 13.4. The SMILES string of the molecule is Cc1nc(CCNc2c(F)cc(N)cc2F)cs1. The number of nitrogen functional groups attached to an aromatic ring is 1. The highest BCUT2D eigenvalue weighted by molar-refractivity contribution is 7.09. The number of rotatable bonds is 4. The van der Waals surface area contributed by atoms with E-state index in [1.807, 2.05) is 12.3 Å². The normalized spacial score (nSPS) is 10.6. The van der Waals surface area contributed by atoms with Crippen molar-refractivity contribution in [3.63, 3.8) is 0 Å². The second kappa shape index (κ2) is 5.30. The number of aryl methyl sites for hydroxylation is 1. The third-order valence-corrected chi connectivity index (χ3v) is 3.24. The number of thiazole rings is 1. The molecule has 3 N–H and O–H groups in total. The third-order valence-electron chi connectivity index (χ3n) is 2.41. The molecule has 0 amide bonds. The number of nitrogens with one attached hydrogen (secondary N) is 1. The van der Waals surface area contributed by atoms with Crippen LogP contribution in [0.1, 0.15) is 10.7 Å². The van der Waals surface area contributed by atoms with Gasteiger partial charge in [0.2, 0.25) is 0 Å². The van der Waals surface area contributed by atoms with Gasteiger partial charge in [-0.25, -0.2) is 13.8 Å². The summed E-state index contributed by atoms with van der Waals surface area (Å²) in [6.07, 6.45) is 0.619. The van der Waals surface area contributed by atoms with Crippen molar-refractivity contribution in [3.05, 3.63) is 39.8 Å². The molecule has 0 atom stereocenters. The van der Waals surface area contributed by atoms with Crippen LogP contribution in [-0.2, 0) is 6.42 Å². The molecule has 3 nitrogen and oxygen atoms in total. The zero-order valence-electron chi connectivity index (χ0n) is 9.84. The van der Waals surface area contributed by atoms with Crippen molar-refractivity contribution in [1.29, 1.82) is 0 Å². The summed E-state index contributed by atoms with van der Waals surface area (Å²) < 4.78 is 26.9. The van der Waals surface area contributed by atoms with Crippen LogP contribution in [0.15, 0.2) is 17.5 Å². The number of hydrogen-bond donors (Lipinski definition) is 2. The zero-order chi connectivity index (χ0) is 13.1. The van der Waals surface area contributed by atoms with E-state index in [9.17, 15) is 8.78 Å². The lowest BCUT2D eigenvalue weighted by molar-refractivity contribution is 0.589. The fourth-order valence-electron chi connectivity index (χ4n) is 1.60. The first kappa shape index (κ1) is 12.8. The highest BCUT2D eigenvalue weighted by Crippen LogP contribution is 2.21. The van der Waals surface area contributed by atoms with Crippen LogP contribution in [0.3, 0.4) is 0 Å². The minimum Gasteiger partial charge on any atom is -0.399 e. The summed E-state index contributed by atoms with van der Waals surface area (Å²) >= 11 is 1.56. The standard InChI is InChI=1S/C12H13F2N3S/c1-7-17-9(6-18-7)2-3-16-12-10(13)4-8(15)5-11(12)14/h4-6,16H,2-3,15H2,1H3. The van der Waals surface area contributed by atoms with Crippen LogP contribution in [-0.4, -0.2) is 11.5 Å². The molecule has 0 aliphatic rings. The number of aromatic nitrogens is 1. The van der Waals surface area contributed by atoms with E-state index >= 15 is 0 Å². The molecule has 0 unspecified atom stereocenters. The fraction of sp³-hybridized carbons (Fsp3) is 0.250. The Morgan fingerprint density at radius 3 is 2.56 bits per heavy atom. The summed E-state index contributed by atoms with van der Waals surface area (Å²) in [6, 6.07) is 2.19. The Balaban J connectivity index is 1.98. The summed E-state index contributed by atoms with van der Waals surface area (Å²) in [5.41, 5.74) is 6.18. The maximum Gasteiger partial charge on any atom is 0.151 e. The van der Waals surface area contributed by atoms with Gasteiger partial charge in [-0.1, -0.05) is 0 Å². The monoisotopic (exact) mass is 269 g/mol. The van der Waals surface area contributed by atoms with Crippen molar-refractivity contribution in [3.8, 4) is 0 Å². The average molecular weight is 269 g/mol. The number of nitrogens with zero attached hydrogens (tertiary/aromatic N) is 1. The number of nitrogens with two attached hydrogens (primary N) is 1. The van der Waals surface area contributed by atoms with E-state index < -0.39 is 11.6 Å². The van der Waals surface area contributed by atoms with Crippen LogP contribution in [0, 0.1) is 18.6 Å². The molecule has 0 aliphatic heterocycles. The summed E-state index contributed by atoms with van der Waals surface area (Å²) in [5.74, 6) is -1.36. The summed E-state index contributed by atoms with van der Waals surface area (Å²) in [6.45, 7) is 2.34. The zero-order valence-corrected chi connectivity index (χ0v) is 10.7. The Morgan fingerprint density at radius 1 is 1.33 bits per heavy atom. The van der Waals surface area contributed by atoms with Crippen molar-refractivity contribution in [2.24, 2.45) is 0 Å². The molecule has 0 aliphatic carbocycles. The van der Waals surface area contributed by atoms with E-state index in [0.29, 0.717) is 13.0 Å². The van der Waals surface area contributed by atoms with Crippen molar-refractivity contribution < 1.29 is 8.78 Å². The predicted octanol–water partition coefficient (Wildman–Crippen LogP) is 2.97. The van der Waals surface area contributed by atoms with Gasteiger partial charge in [-0.05, 0) is 19.1 Å². The molecule has 18 heavy (non-hydrogen) atoms. The first-order valence-electron chi connectivity index (χ1n) is 5.45. The van der Waals surface area contributed by atoms with Gasteiger partial charge in [-0.3, -0.25) is 0 Å². The van der Waals surface area contributed by atoms with E-state index in [0.717, 1.165) is 22.8 Å². The molecule has 0 saturated heterocycles. The molecule has 0 spiro atoms. The predicted molar refractivity (Wildman–Crippen MR) is 69.8 cm³/mol. The molecule has 1 aromatic heterocycles. The molecule has 1 heterocycles. The van der Waals surface area contributed by atoms with Crippen LogP contribution >= 0.6 is 11.3 Å². The van der Waals surface area contributed by atoms with Gasteiger partial charge in [0.25, 0.3) is 0 Å². The van der Waals surface area contributed by atoms with Gasteiger partial charge in [0.1, 0.15) is 5.69 Å². The molecule has 96 valence electrons. The largest absolute Gasteiger partial charge is 0.399 e.